The first kappa shape index (κ1) is 32.9. The zero-order valence-corrected chi connectivity index (χ0v) is 32.4. The molecule has 3 heterocycles. The maximum absolute atomic E-state index is 4.72. The molecule has 0 unspecified atom stereocenters. The van der Waals surface area contributed by atoms with Crippen molar-refractivity contribution in [3.63, 3.8) is 0 Å². The molecule has 278 valence electrons. The van der Waals surface area contributed by atoms with E-state index in [-0.39, 0.29) is 0 Å². The molecule has 60 heavy (non-hydrogen) atoms. The van der Waals surface area contributed by atoms with Crippen molar-refractivity contribution in [1.29, 1.82) is 0 Å². The molecule has 0 N–H and O–H groups in total. The van der Waals surface area contributed by atoms with Crippen molar-refractivity contribution in [3.8, 4) is 67.1 Å². The molecule has 1 aliphatic rings. The summed E-state index contributed by atoms with van der Waals surface area (Å²) in [5, 5.41) is 7.35. The van der Waals surface area contributed by atoms with Crippen LogP contribution in [-0.4, -0.2) is 19.1 Å². The van der Waals surface area contributed by atoms with E-state index in [0.717, 1.165) is 28.2 Å². The van der Waals surface area contributed by atoms with Crippen molar-refractivity contribution in [1.82, 2.24) is 19.1 Å². The van der Waals surface area contributed by atoms with Crippen LogP contribution in [0.5, 0.6) is 0 Å². The summed E-state index contributed by atoms with van der Waals surface area (Å²) in [6, 6.07) is 71.1. The maximum Gasteiger partial charge on any atom is 0.116 e. The third-order valence-electron chi connectivity index (χ3n) is 12.6. The number of fused-ring (bicyclic) bond motifs is 9. The minimum absolute atomic E-state index is 1.00. The molecule has 0 amide bonds. The predicted octanol–water partition coefficient (Wildman–Crippen LogP) is 14.5. The molecule has 3 aromatic heterocycles. The highest BCUT2D eigenvalue weighted by molar-refractivity contribution is 6.19. The van der Waals surface area contributed by atoms with Crippen molar-refractivity contribution < 1.29 is 0 Å². The highest BCUT2D eigenvalue weighted by atomic mass is 15.0. The van der Waals surface area contributed by atoms with Gasteiger partial charge in [0, 0.05) is 55.3 Å². The lowest BCUT2D eigenvalue weighted by molar-refractivity contribution is 1.18. The smallest absolute Gasteiger partial charge is 0.116 e. The van der Waals surface area contributed by atoms with E-state index in [9.17, 15) is 0 Å². The molecule has 1 aliphatic carbocycles. The molecular weight excluding hydrogens is 729 g/mol. The van der Waals surface area contributed by atoms with Crippen LogP contribution in [0.25, 0.3) is 122 Å². The van der Waals surface area contributed by atoms with Gasteiger partial charge in [-0.3, -0.25) is 0 Å². The van der Waals surface area contributed by atoms with E-state index in [4.69, 9.17) is 4.98 Å². The highest BCUT2D eigenvalue weighted by Gasteiger charge is 2.25. The van der Waals surface area contributed by atoms with Crippen molar-refractivity contribution in [2.24, 2.45) is 0 Å². The summed E-state index contributed by atoms with van der Waals surface area (Å²) >= 11 is 0. The van der Waals surface area contributed by atoms with Crippen LogP contribution < -0.4 is 0 Å². The van der Waals surface area contributed by atoms with Gasteiger partial charge in [-0.2, -0.15) is 0 Å². The van der Waals surface area contributed by atoms with Gasteiger partial charge in [0.25, 0.3) is 0 Å². The van der Waals surface area contributed by atoms with E-state index >= 15 is 0 Å². The summed E-state index contributed by atoms with van der Waals surface area (Å²) in [7, 11) is 0. The molecule has 13 rings (SSSR count). The second-order valence-corrected chi connectivity index (χ2v) is 15.8. The standard InChI is InChI=1S/C56H34N4/c1-4-11-35(12-5-1)37-19-24-51-45(29-37)46-31-39(21-25-52(46)59(51)41-15-8-3-9-16-41)40-22-27-54-48(32-40)47-30-38(36-13-6-2-7-14-36)20-26-53(47)60(54)50-28-23-42-49-33-57-34-58-56(49)44-18-10-17-43(50)55(42)44/h1-34H. The van der Waals surface area contributed by atoms with E-state index < -0.39 is 0 Å². The van der Waals surface area contributed by atoms with Gasteiger partial charge in [-0.1, -0.05) is 127 Å². The Morgan fingerprint density at radius 1 is 0.333 bits per heavy atom. The normalized spacial score (nSPS) is 12.0. The summed E-state index contributed by atoms with van der Waals surface area (Å²) in [6.07, 6.45) is 3.60. The number of hydrogen-bond donors (Lipinski definition) is 0. The van der Waals surface area contributed by atoms with Crippen LogP contribution >= 0.6 is 0 Å². The lowest BCUT2D eigenvalue weighted by atomic mass is 9.98. The van der Waals surface area contributed by atoms with Gasteiger partial charge >= 0.3 is 0 Å². The van der Waals surface area contributed by atoms with Crippen LogP contribution in [0.15, 0.2) is 207 Å². The van der Waals surface area contributed by atoms with Gasteiger partial charge in [0.15, 0.2) is 0 Å². The Morgan fingerprint density at radius 2 is 0.833 bits per heavy atom. The average Bonchev–Trinajstić information content (AvgIpc) is 3.95. The first-order valence-electron chi connectivity index (χ1n) is 20.5. The minimum Gasteiger partial charge on any atom is -0.309 e. The molecule has 0 atom stereocenters. The molecule has 0 saturated carbocycles. The van der Waals surface area contributed by atoms with Crippen LogP contribution in [0.2, 0.25) is 0 Å². The summed E-state index contributed by atoms with van der Waals surface area (Å²) in [6.45, 7) is 0. The van der Waals surface area contributed by atoms with E-state index in [1.807, 2.05) is 6.20 Å². The molecule has 0 bridgehead atoms. The van der Waals surface area contributed by atoms with Gasteiger partial charge in [0.1, 0.15) is 6.33 Å². The Kier molecular flexibility index (Phi) is 6.98. The van der Waals surface area contributed by atoms with Crippen LogP contribution in [0.4, 0.5) is 0 Å². The fourth-order valence-electron chi connectivity index (χ4n) is 9.89. The monoisotopic (exact) mass is 762 g/mol. The van der Waals surface area contributed by atoms with Gasteiger partial charge in [-0.15, -0.1) is 0 Å². The summed E-state index contributed by atoms with van der Waals surface area (Å²) in [5.41, 5.74) is 18.7. The van der Waals surface area contributed by atoms with Crippen molar-refractivity contribution in [3.05, 3.63) is 207 Å². The molecule has 4 nitrogen and oxygen atoms in total. The zero-order chi connectivity index (χ0) is 39.3. The summed E-state index contributed by atoms with van der Waals surface area (Å²) in [4.78, 5) is 9.11. The highest BCUT2D eigenvalue weighted by Crippen LogP contribution is 2.48. The molecule has 0 aliphatic heterocycles. The van der Waals surface area contributed by atoms with Crippen LogP contribution in [0, 0.1) is 0 Å². The fraction of sp³-hybridized carbons (Fsp3) is 0. The van der Waals surface area contributed by atoms with Gasteiger partial charge < -0.3 is 9.13 Å². The van der Waals surface area contributed by atoms with E-state index in [1.54, 1.807) is 6.33 Å². The third-order valence-corrected chi connectivity index (χ3v) is 12.6. The number of rotatable bonds is 5. The topological polar surface area (TPSA) is 35.6 Å². The van der Waals surface area contributed by atoms with Crippen LogP contribution in [-0.2, 0) is 0 Å². The molecule has 9 aromatic carbocycles. The van der Waals surface area contributed by atoms with Crippen LogP contribution in [0.3, 0.4) is 0 Å². The lowest BCUT2D eigenvalue weighted by Gasteiger charge is -2.13. The van der Waals surface area contributed by atoms with E-state index in [0.29, 0.717) is 0 Å². The SMILES string of the molecule is c1ccc(-c2ccc3c(c2)c2cc(-c4ccc5c(c4)c4cc(-c6ccccc6)ccc4n5-c4ccc5c6c(cccc46)-c4ncncc4-5)ccc2n3-c2ccccc2)cc1. The molecule has 4 heteroatoms. The fourth-order valence-corrected chi connectivity index (χ4v) is 9.89. The molecule has 0 saturated heterocycles. The Morgan fingerprint density at radius 3 is 1.38 bits per heavy atom. The average molecular weight is 763 g/mol. The summed E-state index contributed by atoms with van der Waals surface area (Å²) in [5.74, 6) is 0. The Hall–Kier alpha value is -8.08. The Labute approximate surface area is 345 Å². The first-order chi connectivity index (χ1) is 29.8. The molecule has 12 aromatic rings. The van der Waals surface area contributed by atoms with Crippen LogP contribution in [0.1, 0.15) is 0 Å². The van der Waals surface area contributed by atoms with Gasteiger partial charge in [0.05, 0.1) is 33.4 Å². The van der Waals surface area contributed by atoms with Gasteiger partial charge in [0.2, 0.25) is 0 Å². The second-order valence-electron chi connectivity index (χ2n) is 15.8. The number of aromatic nitrogens is 4. The molecule has 0 radical (unpaired) electrons. The lowest BCUT2D eigenvalue weighted by Crippen LogP contribution is -1.96. The predicted molar refractivity (Wildman–Crippen MR) is 249 cm³/mol. The molecule has 0 spiro atoms. The zero-order valence-electron chi connectivity index (χ0n) is 32.4. The first-order valence-corrected chi connectivity index (χ1v) is 20.5. The second kappa shape index (κ2) is 12.7. The number of nitrogens with zero attached hydrogens (tertiary/aromatic N) is 4. The number of hydrogen-bond acceptors (Lipinski definition) is 2. The number of para-hydroxylation sites is 1. The molecular formula is C56H34N4. The largest absolute Gasteiger partial charge is 0.309 e. The number of benzene rings is 9. The Bertz CT molecular complexity index is 3660. The molecule has 0 fully saturated rings. The van der Waals surface area contributed by atoms with E-state index in [2.05, 4.69) is 208 Å². The Balaban J connectivity index is 1.05. The van der Waals surface area contributed by atoms with Crippen molar-refractivity contribution >= 4 is 54.4 Å². The minimum atomic E-state index is 1.00. The third kappa shape index (κ3) is 4.79. The quantitative estimate of drug-likeness (QED) is 0.175. The van der Waals surface area contributed by atoms with Crippen molar-refractivity contribution in [2.75, 3.05) is 0 Å². The summed E-state index contributed by atoms with van der Waals surface area (Å²) < 4.78 is 4.86. The van der Waals surface area contributed by atoms with Gasteiger partial charge in [-0.25, -0.2) is 9.97 Å². The van der Waals surface area contributed by atoms with Gasteiger partial charge in [-0.05, 0) is 106 Å². The maximum atomic E-state index is 4.72. The van der Waals surface area contributed by atoms with Crippen molar-refractivity contribution in [2.45, 2.75) is 0 Å². The van der Waals surface area contributed by atoms with E-state index in [1.165, 1.54) is 93.3 Å².